The maximum atomic E-state index is 13.1. The van der Waals surface area contributed by atoms with Gasteiger partial charge in [0.2, 0.25) is 0 Å². The fourth-order valence-corrected chi connectivity index (χ4v) is 2.99. The van der Waals surface area contributed by atoms with Gasteiger partial charge in [-0.15, -0.1) is 0 Å². The molecule has 0 spiro atoms. The van der Waals surface area contributed by atoms with Gasteiger partial charge in [-0.2, -0.15) is 0 Å². The van der Waals surface area contributed by atoms with Gasteiger partial charge in [-0.05, 0) is 42.7 Å². The molecule has 1 aliphatic carbocycles. The average molecular weight is 353 g/mol. The van der Waals surface area contributed by atoms with Crippen molar-refractivity contribution in [2.75, 3.05) is 0 Å². The molecule has 1 aliphatic rings. The van der Waals surface area contributed by atoms with Crippen LogP contribution in [-0.4, -0.2) is 31.9 Å². The molecule has 4 rings (SSSR count). The summed E-state index contributed by atoms with van der Waals surface area (Å²) >= 11 is 0. The second-order valence-electron chi connectivity index (χ2n) is 6.37. The lowest BCUT2D eigenvalue weighted by Gasteiger charge is -2.23. The van der Waals surface area contributed by atoms with Crippen molar-refractivity contribution < 1.29 is 14.3 Å². The van der Waals surface area contributed by atoms with E-state index in [2.05, 4.69) is 9.97 Å². The Morgan fingerprint density at radius 1 is 1.27 bits per heavy atom. The van der Waals surface area contributed by atoms with E-state index in [4.69, 9.17) is 0 Å². The largest absolute Gasteiger partial charge is 0.505 e. The minimum absolute atomic E-state index is 0.00535. The van der Waals surface area contributed by atoms with Crippen LogP contribution >= 0.6 is 0 Å². The van der Waals surface area contributed by atoms with Crippen LogP contribution in [0.25, 0.3) is 11.0 Å². The van der Waals surface area contributed by atoms with Gasteiger partial charge >= 0.3 is 0 Å². The Hall–Kier alpha value is -3.22. The molecule has 2 heterocycles. The number of rotatable bonds is 4. The lowest BCUT2D eigenvalue weighted by atomic mass is 10.1. The molecule has 0 atom stereocenters. The highest BCUT2D eigenvalue weighted by molar-refractivity contribution is 6.01. The average Bonchev–Trinajstić information content (AvgIpc) is 3.46. The van der Waals surface area contributed by atoms with Gasteiger partial charge in [0.25, 0.3) is 11.5 Å². The third kappa shape index (κ3) is 2.92. The van der Waals surface area contributed by atoms with Crippen molar-refractivity contribution in [2.24, 2.45) is 0 Å². The van der Waals surface area contributed by atoms with Gasteiger partial charge in [0.05, 0.1) is 5.52 Å². The Kier molecular flexibility index (Phi) is 3.91. The van der Waals surface area contributed by atoms with E-state index in [0.29, 0.717) is 5.52 Å². The molecule has 1 saturated carbocycles. The van der Waals surface area contributed by atoms with E-state index in [-0.39, 0.29) is 29.5 Å². The minimum Gasteiger partial charge on any atom is -0.505 e. The van der Waals surface area contributed by atoms with Crippen LogP contribution in [-0.2, 0) is 6.54 Å². The Morgan fingerprint density at radius 3 is 2.69 bits per heavy atom. The predicted molar refractivity (Wildman–Crippen MR) is 93.3 cm³/mol. The van der Waals surface area contributed by atoms with Crippen molar-refractivity contribution in [2.45, 2.75) is 25.4 Å². The molecule has 0 bridgehead atoms. The van der Waals surface area contributed by atoms with E-state index >= 15 is 0 Å². The number of H-pyrrole nitrogens is 1. The lowest BCUT2D eigenvalue weighted by Crippen LogP contribution is -2.36. The molecule has 2 N–H and O–H groups in total. The molecule has 26 heavy (non-hydrogen) atoms. The highest BCUT2D eigenvalue weighted by atomic mass is 19.1. The van der Waals surface area contributed by atoms with Gasteiger partial charge in [0.15, 0.2) is 5.75 Å². The molecule has 2 aromatic heterocycles. The van der Waals surface area contributed by atoms with E-state index < -0.39 is 17.2 Å². The zero-order valence-corrected chi connectivity index (χ0v) is 13.8. The number of fused-ring (bicyclic) bond motifs is 1. The first-order chi connectivity index (χ1) is 12.5. The monoisotopic (exact) mass is 353 g/mol. The summed E-state index contributed by atoms with van der Waals surface area (Å²) in [4.78, 5) is 33.6. The van der Waals surface area contributed by atoms with Crippen LogP contribution < -0.4 is 5.56 Å². The van der Waals surface area contributed by atoms with Gasteiger partial charge < -0.3 is 15.0 Å². The number of aromatic amines is 1. The Morgan fingerprint density at radius 2 is 2.00 bits per heavy atom. The van der Waals surface area contributed by atoms with Crippen molar-refractivity contribution >= 4 is 16.9 Å². The number of amides is 1. The number of hydrogen-bond donors (Lipinski definition) is 2. The van der Waals surface area contributed by atoms with Crippen LogP contribution in [0, 0.1) is 5.82 Å². The predicted octanol–water partition coefficient (Wildman–Crippen LogP) is 2.57. The first-order valence-corrected chi connectivity index (χ1v) is 8.30. The smallest absolute Gasteiger partial charge is 0.265 e. The molecule has 7 heteroatoms. The summed E-state index contributed by atoms with van der Waals surface area (Å²) < 4.78 is 13.1. The van der Waals surface area contributed by atoms with Gasteiger partial charge in [-0.25, -0.2) is 4.39 Å². The quantitative estimate of drug-likeness (QED) is 0.755. The number of aromatic hydroxyl groups is 1. The summed E-state index contributed by atoms with van der Waals surface area (Å²) in [7, 11) is 0. The summed E-state index contributed by atoms with van der Waals surface area (Å²) in [6.07, 6.45) is 3.14. The number of pyridine rings is 2. The maximum absolute atomic E-state index is 13.1. The minimum atomic E-state index is -0.655. The third-order valence-electron chi connectivity index (χ3n) is 4.47. The van der Waals surface area contributed by atoms with Gasteiger partial charge in [-0.1, -0.05) is 12.1 Å². The van der Waals surface area contributed by atoms with Crippen LogP contribution in [0.15, 0.2) is 47.4 Å². The summed E-state index contributed by atoms with van der Waals surface area (Å²) in [6.45, 7) is 0.239. The van der Waals surface area contributed by atoms with E-state index in [9.17, 15) is 19.1 Å². The Bertz CT molecular complexity index is 1040. The summed E-state index contributed by atoms with van der Waals surface area (Å²) in [5.41, 5.74) is 0.320. The molecular weight excluding hydrogens is 337 g/mol. The zero-order valence-electron chi connectivity index (χ0n) is 13.8. The van der Waals surface area contributed by atoms with E-state index in [1.54, 1.807) is 29.2 Å². The summed E-state index contributed by atoms with van der Waals surface area (Å²) in [6, 6.07) is 9.10. The van der Waals surface area contributed by atoms with Crippen molar-refractivity contribution in [1.82, 2.24) is 14.9 Å². The van der Waals surface area contributed by atoms with Crippen LogP contribution in [0.4, 0.5) is 4.39 Å². The molecular formula is C19H16FN3O3. The van der Waals surface area contributed by atoms with Crippen molar-refractivity contribution in [3.05, 3.63) is 69.9 Å². The molecule has 1 aromatic carbocycles. The number of nitrogens with one attached hydrogen (secondary N) is 1. The van der Waals surface area contributed by atoms with E-state index in [1.165, 1.54) is 18.3 Å². The number of benzene rings is 1. The highest BCUT2D eigenvalue weighted by Gasteiger charge is 2.35. The number of aromatic nitrogens is 2. The van der Waals surface area contributed by atoms with Crippen molar-refractivity contribution in [3.63, 3.8) is 0 Å². The zero-order chi connectivity index (χ0) is 18.3. The van der Waals surface area contributed by atoms with Crippen LogP contribution in [0.1, 0.15) is 28.8 Å². The lowest BCUT2D eigenvalue weighted by molar-refractivity contribution is 0.0725. The molecule has 0 radical (unpaired) electrons. The molecule has 1 amide bonds. The normalized spacial score (nSPS) is 13.7. The number of nitrogens with zero attached hydrogens (tertiary/aromatic N) is 2. The van der Waals surface area contributed by atoms with Crippen LogP contribution in [0.3, 0.4) is 0 Å². The van der Waals surface area contributed by atoms with Crippen molar-refractivity contribution in [1.29, 1.82) is 0 Å². The van der Waals surface area contributed by atoms with Crippen LogP contribution in [0.5, 0.6) is 5.75 Å². The molecule has 0 unspecified atom stereocenters. The SMILES string of the molecule is O=C(c1c(O)c2ncccc2[nH]c1=O)N(Cc1ccc(F)cc1)C1CC1. The molecule has 132 valence electrons. The van der Waals surface area contributed by atoms with E-state index in [1.807, 2.05) is 0 Å². The number of carbonyl (C=O) groups excluding carboxylic acids is 1. The standard InChI is InChI=1S/C19H16FN3O3/c20-12-5-3-11(4-6-12)10-23(13-7-8-13)19(26)15-17(24)16-14(22-18(15)25)2-1-9-21-16/h1-6,9,13H,7-8,10H2,(H2,22,24,25). The summed E-state index contributed by atoms with van der Waals surface area (Å²) in [5, 5.41) is 10.5. The third-order valence-corrected chi connectivity index (χ3v) is 4.47. The molecule has 6 nitrogen and oxygen atoms in total. The molecule has 0 aliphatic heterocycles. The van der Waals surface area contributed by atoms with Gasteiger partial charge in [0.1, 0.15) is 16.9 Å². The first kappa shape index (κ1) is 16.3. The molecule has 1 fully saturated rings. The fourth-order valence-electron chi connectivity index (χ4n) is 2.99. The second kappa shape index (κ2) is 6.25. The molecule has 3 aromatic rings. The van der Waals surface area contributed by atoms with Gasteiger partial charge in [0, 0.05) is 18.8 Å². The van der Waals surface area contributed by atoms with Crippen LogP contribution in [0.2, 0.25) is 0 Å². The first-order valence-electron chi connectivity index (χ1n) is 8.30. The van der Waals surface area contributed by atoms with Gasteiger partial charge in [-0.3, -0.25) is 14.6 Å². The fraction of sp³-hybridized carbons (Fsp3) is 0.211. The topological polar surface area (TPSA) is 86.3 Å². The van der Waals surface area contributed by atoms with E-state index in [0.717, 1.165) is 18.4 Å². The highest BCUT2D eigenvalue weighted by Crippen LogP contribution is 2.32. The second-order valence-corrected chi connectivity index (χ2v) is 6.37. The number of hydrogen-bond acceptors (Lipinski definition) is 4. The Balaban J connectivity index is 1.73. The number of carbonyl (C=O) groups is 1. The maximum Gasteiger partial charge on any atom is 0.265 e. The van der Waals surface area contributed by atoms with Crippen molar-refractivity contribution in [3.8, 4) is 5.75 Å². The summed E-state index contributed by atoms with van der Waals surface area (Å²) in [5.74, 6) is -1.32. The Labute approximate surface area is 147 Å². The number of halogens is 1. The molecule has 0 saturated heterocycles.